The molecule has 0 N–H and O–H groups in total. The summed E-state index contributed by atoms with van der Waals surface area (Å²) in [6, 6.07) is 21.7. The summed E-state index contributed by atoms with van der Waals surface area (Å²) in [4.78, 5) is 11.5. The van der Waals surface area contributed by atoms with E-state index in [1.165, 1.54) is 0 Å². The van der Waals surface area contributed by atoms with E-state index < -0.39 is 0 Å². The predicted octanol–water partition coefficient (Wildman–Crippen LogP) is 5.54. The summed E-state index contributed by atoms with van der Waals surface area (Å²) in [5, 5.41) is 9.78. The fraction of sp³-hybridized carbons (Fsp3) is 0.154. The second kappa shape index (κ2) is 10.2. The van der Waals surface area contributed by atoms with Gasteiger partial charge in [-0.2, -0.15) is 5.26 Å². The molecule has 0 spiro atoms. The van der Waals surface area contributed by atoms with Crippen LogP contribution in [0.2, 0.25) is 0 Å². The third-order valence-corrected chi connectivity index (χ3v) is 4.81. The standard InChI is InChI=1S/C26H23NO3/c1-19-15-26(30-14-13-29-2)23(18-28)16-22(19)12-11-21-9-6-10-24(25(21)17-27)20-7-4-3-5-8-20/h3-12,15-16,18H,13-14H2,1-2H3/b12-11+. The van der Waals surface area contributed by atoms with Crippen LogP contribution in [0.5, 0.6) is 5.75 Å². The van der Waals surface area contributed by atoms with E-state index in [4.69, 9.17) is 9.47 Å². The molecule has 4 nitrogen and oxygen atoms in total. The highest BCUT2D eigenvalue weighted by Gasteiger charge is 2.10. The first-order valence-corrected chi connectivity index (χ1v) is 9.66. The third kappa shape index (κ3) is 4.83. The van der Waals surface area contributed by atoms with Crippen molar-refractivity contribution in [1.29, 1.82) is 5.26 Å². The van der Waals surface area contributed by atoms with Crippen LogP contribution in [-0.2, 0) is 4.74 Å². The first-order chi connectivity index (χ1) is 14.7. The molecule has 0 aliphatic rings. The van der Waals surface area contributed by atoms with Gasteiger partial charge in [0.25, 0.3) is 0 Å². The normalized spacial score (nSPS) is 10.7. The molecule has 3 aromatic rings. The summed E-state index contributed by atoms with van der Waals surface area (Å²) in [6.07, 6.45) is 4.62. The molecule has 0 saturated heterocycles. The van der Waals surface area contributed by atoms with E-state index in [-0.39, 0.29) is 0 Å². The topological polar surface area (TPSA) is 59.3 Å². The average Bonchev–Trinajstić information content (AvgIpc) is 2.79. The van der Waals surface area contributed by atoms with Crippen molar-refractivity contribution < 1.29 is 14.3 Å². The van der Waals surface area contributed by atoms with Crippen LogP contribution in [0, 0.1) is 18.3 Å². The number of ether oxygens (including phenoxy) is 2. The maximum Gasteiger partial charge on any atom is 0.153 e. The van der Waals surface area contributed by atoms with Gasteiger partial charge in [0.15, 0.2) is 6.29 Å². The molecule has 0 heterocycles. The van der Waals surface area contributed by atoms with Gasteiger partial charge in [0.05, 0.1) is 17.7 Å². The quantitative estimate of drug-likeness (QED) is 0.284. The molecular weight excluding hydrogens is 374 g/mol. The van der Waals surface area contributed by atoms with E-state index in [0.29, 0.717) is 30.1 Å². The van der Waals surface area contributed by atoms with Crippen LogP contribution in [0.1, 0.15) is 32.6 Å². The Morgan fingerprint density at radius 2 is 1.70 bits per heavy atom. The van der Waals surface area contributed by atoms with Crippen LogP contribution in [0.25, 0.3) is 23.3 Å². The molecule has 0 aliphatic carbocycles. The average molecular weight is 397 g/mol. The smallest absolute Gasteiger partial charge is 0.153 e. The molecule has 3 rings (SSSR count). The van der Waals surface area contributed by atoms with Gasteiger partial charge in [-0.1, -0.05) is 60.7 Å². The maximum atomic E-state index is 11.5. The maximum absolute atomic E-state index is 11.5. The lowest BCUT2D eigenvalue weighted by atomic mass is 9.95. The minimum atomic E-state index is 0.379. The summed E-state index contributed by atoms with van der Waals surface area (Å²) in [7, 11) is 1.60. The van der Waals surface area contributed by atoms with Gasteiger partial charge < -0.3 is 9.47 Å². The molecule has 30 heavy (non-hydrogen) atoms. The molecule has 0 atom stereocenters. The lowest BCUT2D eigenvalue weighted by molar-refractivity contribution is 0.111. The molecule has 0 fully saturated rings. The number of nitriles is 1. The zero-order valence-electron chi connectivity index (χ0n) is 17.1. The zero-order chi connectivity index (χ0) is 21.3. The highest BCUT2D eigenvalue weighted by molar-refractivity contribution is 5.84. The Morgan fingerprint density at radius 1 is 0.933 bits per heavy atom. The highest BCUT2D eigenvalue weighted by Crippen LogP contribution is 2.28. The number of methoxy groups -OCH3 is 1. The van der Waals surface area contributed by atoms with Gasteiger partial charge in [-0.3, -0.25) is 4.79 Å². The Bertz CT molecular complexity index is 1100. The van der Waals surface area contributed by atoms with Crippen LogP contribution in [-0.4, -0.2) is 26.6 Å². The number of carbonyl (C=O) groups is 1. The van der Waals surface area contributed by atoms with E-state index in [0.717, 1.165) is 34.1 Å². The number of hydrogen-bond acceptors (Lipinski definition) is 4. The Balaban J connectivity index is 1.94. The van der Waals surface area contributed by atoms with Crippen molar-refractivity contribution in [2.24, 2.45) is 0 Å². The van der Waals surface area contributed by atoms with Crippen molar-refractivity contribution in [3.05, 3.63) is 88.5 Å². The number of nitrogens with zero attached hydrogens (tertiary/aromatic N) is 1. The van der Waals surface area contributed by atoms with E-state index >= 15 is 0 Å². The zero-order valence-corrected chi connectivity index (χ0v) is 17.1. The van der Waals surface area contributed by atoms with Gasteiger partial charge in [-0.25, -0.2) is 0 Å². The van der Waals surface area contributed by atoms with Gasteiger partial charge in [0.2, 0.25) is 0 Å². The summed E-state index contributed by atoms with van der Waals surface area (Å²) >= 11 is 0. The van der Waals surface area contributed by atoms with Crippen LogP contribution in [0.3, 0.4) is 0 Å². The van der Waals surface area contributed by atoms with Crippen molar-refractivity contribution in [2.45, 2.75) is 6.92 Å². The number of carbonyl (C=O) groups excluding carboxylic acids is 1. The number of rotatable bonds is 8. The number of benzene rings is 3. The molecule has 0 amide bonds. The minimum absolute atomic E-state index is 0.379. The second-order valence-corrected chi connectivity index (χ2v) is 6.79. The van der Waals surface area contributed by atoms with E-state index in [9.17, 15) is 10.1 Å². The number of aryl methyl sites for hydroxylation is 1. The van der Waals surface area contributed by atoms with Crippen molar-refractivity contribution in [2.75, 3.05) is 20.3 Å². The van der Waals surface area contributed by atoms with Crippen molar-refractivity contribution in [1.82, 2.24) is 0 Å². The molecule has 0 aromatic heterocycles. The molecule has 0 radical (unpaired) electrons. The Kier molecular flexibility index (Phi) is 7.15. The Morgan fingerprint density at radius 3 is 2.40 bits per heavy atom. The van der Waals surface area contributed by atoms with E-state index in [1.807, 2.05) is 73.7 Å². The summed E-state index contributed by atoms with van der Waals surface area (Å²) in [6.45, 7) is 2.79. The summed E-state index contributed by atoms with van der Waals surface area (Å²) < 4.78 is 10.6. The fourth-order valence-corrected chi connectivity index (χ4v) is 3.22. The minimum Gasteiger partial charge on any atom is -0.490 e. The first-order valence-electron chi connectivity index (χ1n) is 9.66. The molecule has 3 aromatic carbocycles. The molecule has 150 valence electrons. The number of hydrogen-bond donors (Lipinski definition) is 0. The Hall–Kier alpha value is -3.68. The van der Waals surface area contributed by atoms with Crippen molar-refractivity contribution >= 4 is 18.4 Å². The SMILES string of the molecule is COCCOc1cc(C)c(/C=C/c2cccc(-c3ccccc3)c2C#N)cc1C=O. The first kappa shape index (κ1) is 21.0. The summed E-state index contributed by atoms with van der Waals surface area (Å²) in [5.41, 5.74) is 5.69. The fourth-order valence-electron chi connectivity index (χ4n) is 3.22. The monoisotopic (exact) mass is 397 g/mol. The third-order valence-electron chi connectivity index (χ3n) is 4.81. The molecule has 0 saturated carbocycles. The highest BCUT2D eigenvalue weighted by atomic mass is 16.5. The van der Waals surface area contributed by atoms with Crippen molar-refractivity contribution in [3.8, 4) is 22.9 Å². The lowest BCUT2D eigenvalue weighted by Gasteiger charge is -2.11. The van der Waals surface area contributed by atoms with Gasteiger partial charge in [0, 0.05) is 12.7 Å². The molecule has 0 aliphatic heterocycles. The predicted molar refractivity (Wildman–Crippen MR) is 119 cm³/mol. The van der Waals surface area contributed by atoms with Crippen LogP contribution in [0.4, 0.5) is 0 Å². The van der Waals surface area contributed by atoms with Gasteiger partial charge in [0.1, 0.15) is 18.4 Å². The Labute approximate surface area is 177 Å². The molecule has 0 bridgehead atoms. The summed E-state index contributed by atoms with van der Waals surface area (Å²) in [5.74, 6) is 0.542. The second-order valence-electron chi connectivity index (χ2n) is 6.79. The largest absolute Gasteiger partial charge is 0.490 e. The van der Waals surface area contributed by atoms with Crippen molar-refractivity contribution in [3.63, 3.8) is 0 Å². The van der Waals surface area contributed by atoms with Gasteiger partial charge in [-0.05, 0) is 41.3 Å². The van der Waals surface area contributed by atoms with E-state index in [1.54, 1.807) is 13.2 Å². The molecular formula is C26H23NO3. The number of aldehydes is 1. The van der Waals surface area contributed by atoms with Crippen LogP contribution in [0.15, 0.2) is 60.7 Å². The van der Waals surface area contributed by atoms with Gasteiger partial charge in [-0.15, -0.1) is 0 Å². The van der Waals surface area contributed by atoms with Crippen LogP contribution >= 0.6 is 0 Å². The molecule has 4 heteroatoms. The van der Waals surface area contributed by atoms with Crippen LogP contribution < -0.4 is 4.74 Å². The molecule has 0 unspecified atom stereocenters. The lowest BCUT2D eigenvalue weighted by Crippen LogP contribution is -2.06. The van der Waals surface area contributed by atoms with E-state index in [2.05, 4.69) is 6.07 Å². The van der Waals surface area contributed by atoms with Gasteiger partial charge >= 0.3 is 0 Å².